The molecule has 2 aliphatic rings. The number of thiocarbonyl (C=S) groups is 1. The second-order valence-electron chi connectivity index (χ2n) is 9.22. The van der Waals surface area contributed by atoms with Crippen LogP contribution in [-0.2, 0) is 6.42 Å². The number of hydrogen-bond acceptors (Lipinski definition) is 4. The number of hydrogen-bond donors (Lipinski definition) is 1. The summed E-state index contributed by atoms with van der Waals surface area (Å²) in [6, 6.07) is 22.9. The fourth-order valence-corrected chi connectivity index (χ4v) is 5.70. The molecular weight excluding hydrogens is 468 g/mol. The Kier molecular flexibility index (Phi) is 5.64. The maximum atomic E-state index is 5.92. The van der Waals surface area contributed by atoms with Crippen LogP contribution in [0.3, 0.4) is 0 Å². The van der Waals surface area contributed by atoms with Crippen molar-refractivity contribution in [2.45, 2.75) is 39.3 Å². The van der Waals surface area contributed by atoms with Crippen molar-refractivity contribution < 1.29 is 9.47 Å². The first-order valence-corrected chi connectivity index (χ1v) is 12.6. The van der Waals surface area contributed by atoms with Crippen LogP contribution in [0.4, 0.5) is 5.69 Å². The maximum Gasteiger partial charge on any atom is 0.231 e. The van der Waals surface area contributed by atoms with Gasteiger partial charge in [0.1, 0.15) is 0 Å². The van der Waals surface area contributed by atoms with Crippen molar-refractivity contribution in [2.75, 3.05) is 11.7 Å². The molecule has 7 heteroatoms. The highest BCUT2D eigenvalue weighted by Gasteiger charge is 2.42. The number of anilines is 1. The number of fused-ring (bicyclic) bond motifs is 1. The molecule has 1 saturated heterocycles. The molecule has 2 aromatic heterocycles. The molecule has 2 aliphatic heterocycles. The first-order valence-electron chi connectivity index (χ1n) is 12.2. The highest BCUT2D eigenvalue weighted by molar-refractivity contribution is 7.80. The topological polar surface area (TPSA) is 51.6 Å². The van der Waals surface area contributed by atoms with E-state index in [-0.39, 0.29) is 18.9 Å². The van der Waals surface area contributed by atoms with E-state index in [0.29, 0.717) is 5.11 Å². The van der Waals surface area contributed by atoms with Crippen LogP contribution in [0.2, 0.25) is 0 Å². The van der Waals surface area contributed by atoms with Gasteiger partial charge >= 0.3 is 0 Å². The predicted octanol–water partition coefficient (Wildman–Crippen LogP) is 5.96. The van der Waals surface area contributed by atoms with Crippen LogP contribution in [0.1, 0.15) is 47.2 Å². The predicted molar refractivity (Wildman–Crippen MR) is 145 cm³/mol. The maximum absolute atomic E-state index is 5.92. The number of benzene rings is 2. The van der Waals surface area contributed by atoms with Crippen molar-refractivity contribution in [3.63, 3.8) is 0 Å². The molecule has 0 unspecified atom stereocenters. The van der Waals surface area contributed by atoms with Crippen molar-refractivity contribution >= 4 is 23.0 Å². The standard InChI is InChI=1S/C29H28N4O2S/c1-4-20-8-10-21(11-9-20)32-18(2)15-23(19(32)3)28-27(24-7-5-6-14-30-24)31-29(36)33(28)22-12-13-25-26(16-22)35-17-34-25/h5-16,27-28H,4,17H2,1-3H3,(H,31,36)/t27-,28+/m0/s1. The van der Waals surface area contributed by atoms with Gasteiger partial charge in [0.05, 0.1) is 17.8 Å². The number of nitrogens with one attached hydrogen (secondary N) is 1. The lowest BCUT2D eigenvalue weighted by Crippen LogP contribution is -2.29. The minimum Gasteiger partial charge on any atom is -0.454 e. The van der Waals surface area contributed by atoms with E-state index in [4.69, 9.17) is 26.7 Å². The lowest BCUT2D eigenvalue weighted by atomic mass is 9.96. The third kappa shape index (κ3) is 3.71. The average molecular weight is 497 g/mol. The highest BCUT2D eigenvalue weighted by atomic mass is 32.1. The second kappa shape index (κ2) is 8.99. The monoisotopic (exact) mass is 496 g/mol. The molecule has 0 amide bonds. The van der Waals surface area contributed by atoms with Gasteiger partial charge in [0.15, 0.2) is 16.6 Å². The quantitative estimate of drug-likeness (QED) is 0.344. The Bertz CT molecular complexity index is 1430. The smallest absolute Gasteiger partial charge is 0.231 e. The summed E-state index contributed by atoms with van der Waals surface area (Å²) in [5, 5.41) is 4.22. The van der Waals surface area contributed by atoms with E-state index in [0.717, 1.165) is 35.0 Å². The molecule has 0 aliphatic carbocycles. The van der Waals surface area contributed by atoms with Crippen molar-refractivity contribution in [1.82, 2.24) is 14.9 Å². The Morgan fingerprint density at radius 3 is 2.50 bits per heavy atom. The van der Waals surface area contributed by atoms with E-state index in [1.807, 2.05) is 36.5 Å². The zero-order valence-corrected chi connectivity index (χ0v) is 21.4. The molecule has 182 valence electrons. The summed E-state index contributed by atoms with van der Waals surface area (Å²) in [5.74, 6) is 1.49. The van der Waals surface area contributed by atoms with Gasteiger partial charge in [0, 0.05) is 35.0 Å². The minimum atomic E-state index is -0.111. The van der Waals surface area contributed by atoms with Crippen LogP contribution < -0.4 is 19.7 Å². The third-order valence-corrected chi connectivity index (χ3v) is 7.44. The molecule has 4 aromatic rings. The Labute approximate surface area is 216 Å². The van der Waals surface area contributed by atoms with E-state index in [1.165, 1.54) is 22.5 Å². The number of pyridine rings is 1. The molecule has 2 atom stereocenters. The Morgan fingerprint density at radius 1 is 0.972 bits per heavy atom. The molecule has 2 aromatic carbocycles. The number of aromatic nitrogens is 2. The van der Waals surface area contributed by atoms with Gasteiger partial charge in [0.2, 0.25) is 6.79 Å². The van der Waals surface area contributed by atoms with Crippen molar-refractivity contribution in [1.29, 1.82) is 0 Å². The van der Waals surface area contributed by atoms with E-state index in [9.17, 15) is 0 Å². The Hall–Kier alpha value is -3.84. The van der Waals surface area contributed by atoms with Gasteiger partial charge in [-0.05, 0) is 86.1 Å². The minimum absolute atomic E-state index is 0.0948. The zero-order chi connectivity index (χ0) is 24.8. The van der Waals surface area contributed by atoms with Gasteiger partial charge < -0.3 is 24.3 Å². The van der Waals surface area contributed by atoms with E-state index in [2.05, 4.69) is 72.0 Å². The molecule has 6 rings (SSSR count). The lowest BCUT2D eigenvalue weighted by molar-refractivity contribution is 0.174. The number of nitrogens with zero attached hydrogens (tertiary/aromatic N) is 3. The van der Waals surface area contributed by atoms with Gasteiger partial charge in [-0.15, -0.1) is 0 Å². The van der Waals surface area contributed by atoms with Crippen LogP contribution in [0.5, 0.6) is 11.5 Å². The average Bonchev–Trinajstić information content (AvgIpc) is 3.59. The van der Waals surface area contributed by atoms with Gasteiger partial charge in [-0.25, -0.2) is 0 Å². The molecule has 36 heavy (non-hydrogen) atoms. The van der Waals surface area contributed by atoms with Gasteiger partial charge in [-0.3, -0.25) is 4.98 Å². The van der Waals surface area contributed by atoms with Crippen LogP contribution in [-0.4, -0.2) is 21.5 Å². The van der Waals surface area contributed by atoms with Crippen molar-refractivity contribution in [3.8, 4) is 17.2 Å². The number of rotatable bonds is 5. The summed E-state index contributed by atoms with van der Waals surface area (Å²) in [7, 11) is 0. The van der Waals surface area contributed by atoms with Crippen LogP contribution >= 0.6 is 12.2 Å². The normalized spacial score (nSPS) is 18.5. The number of aryl methyl sites for hydroxylation is 2. The highest BCUT2D eigenvalue weighted by Crippen LogP contribution is 2.46. The summed E-state index contributed by atoms with van der Waals surface area (Å²) < 4.78 is 13.5. The summed E-state index contributed by atoms with van der Waals surface area (Å²) in [5.41, 5.74) is 7.95. The molecule has 6 nitrogen and oxygen atoms in total. The first-order chi connectivity index (χ1) is 17.5. The third-order valence-electron chi connectivity index (χ3n) is 7.12. The van der Waals surface area contributed by atoms with E-state index >= 15 is 0 Å². The molecule has 0 bridgehead atoms. The molecule has 1 N–H and O–H groups in total. The van der Waals surface area contributed by atoms with Crippen molar-refractivity contribution in [2.24, 2.45) is 0 Å². The number of ether oxygens (including phenoxy) is 2. The van der Waals surface area contributed by atoms with Crippen LogP contribution in [0.25, 0.3) is 5.69 Å². The fraction of sp³-hybridized carbons (Fsp3) is 0.241. The van der Waals surface area contributed by atoms with Crippen LogP contribution in [0.15, 0.2) is 72.9 Å². The fourth-order valence-electron chi connectivity index (χ4n) is 5.35. The summed E-state index contributed by atoms with van der Waals surface area (Å²) in [4.78, 5) is 6.88. The lowest BCUT2D eigenvalue weighted by Gasteiger charge is -2.28. The Morgan fingerprint density at radius 2 is 1.75 bits per heavy atom. The Balaban J connectivity index is 1.49. The van der Waals surface area contributed by atoms with Crippen molar-refractivity contribution in [3.05, 3.63) is 101 Å². The molecule has 1 fully saturated rings. The van der Waals surface area contributed by atoms with Gasteiger partial charge in [0.25, 0.3) is 0 Å². The second-order valence-corrected chi connectivity index (χ2v) is 9.60. The summed E-state index contributed by atoms with van der Waals surface area (Å²) in [6.45, 7) is 6.76. The molecule has 0 saturated carbocycles. The summed E-state index contributed by atoms with van der Waals surface area (Å²) >= 11 is 5.92. The molecular formula is C29H28N4O2S. The summed E-state index contributed by atoms with van der Waals surface area (Å²) in [6.07, 6.45) is 2.86. The van der Waals surface area contributed by atoms with E-state index < -0.39 is 0 Å². The van der Waals surface area contributed by atoms with E-state index in [1.54, 1.807) is 0 Å². The van der Waals surface area contributed by atoms with Gasteiger partial charge in [-0.1, -0.05) is 25.1 Å². The van der Waals surface area contributed by atoms with Crippen LogP contribution in [0, 0.1) is 13.8 Å². The SMILES string of the molecule is CCc1ccc(-n2c(C)cc([C@@H]3[C@H](c4ccccn4)NC(=S)N3c3ccc4c(c3)OCO4)c2C)cc1. The molecule has 0 radical (unpaired) electrons. The first kappa shape index (κ1) is 22.6. The molecule has 0 spiro atoms. The largest absolute Gasteiger partial charge is 0.454 e. The zero-order valence-electron chi connectivity index (χ0n) is 20.6. The molecule has 4 heterocycles. The van der Waals surface area contributed by atoms with Gasteiger partial charge in [-0.2, -0.15) is 0 Å².